The molecule has 1 saturated heterocycles. The SMILES string of the molecule is Cc1ccc(S(=O)(=O)N2CCC(C(=O)Nc3ccccn3)CC2)cc1. The molecule has 1 aliphatic rings. The Morgan fingerprint density at radius 1 is 1.12 bits per heavy atom. The Morgan fingerprint density at radius 2 is 1.80 bits per heavy atom. The van der Waals surface area contributed by atoms with Gasteiger partial charge in [-0.05, 0) is 44.0 Å². The van der Waals surface area contributed by atoms with Crippen LogP contribution in [0.1, 0.15) is 18.4 Å². The van der Waals surface area contributed by atoms with E-state index in [0.29, 0.717) is 36.6 Å². The second-order valence-corrected chi connectivity index (χ2v) is 8.13. The Hall–Kier alpha value is -2.25. The lowest BCUT2D eigenvalue weighted by Crippen LogP contribution is -2.41. The van der Waals surface area contributed by atoms with E-state index < -0.39 is 10.0 Å². The zero-order valence-electron chi connectivity index (χ0n) is 14.1. The van der Waals surface area contributed by atoms with Crippen LogP contribution in [0.4, 0.5) is 5.82 Å². The molecule has 25 heavy (non-hydrogen) atoms. The largest absolute Gasteiger partial charge is 0.310 e. The van der Waals surface area contributed by atoms with Gasteiger partial charge < -0.3 is 5.32 Å². The Kier molecular flexibility index (Phi) is 5.15. The number of nitrogens with zero attached hydrogens (tertiary/aromatic N) is 2. The number of pyridine rings is 1. The Balaban J connectivity index is 1.61. The minimum Gasteiger partial charge on any atom is -0.310 e. The van der Waals surface area contributed by atoms with Crippen molar-refractivity contribution in [2.45, 2.75) is 24.7 Å². The molecule has 1 aromatic carbocycles. The van der Waals surface area contributed by atoms with Gasteiger partial charge in [-0.15, -0.1) is 0 Å². The monoisotopic (exact) mass is 359 g/mol. The summed E-state index contributed by atoms with van der Waals surface area (Å²) in [5, 5.41) is 2.79. The van der Waals surface area contributed by atoms with Gasteiger partial charge in [0.25, 0.3) is 0 Å². The summed E-state index contributed by atoms with van der Waals surface area (Å²) in [7, 11) is -3.50. The van der Waals surface area contributed by atoms with Crippen LogP contribution in [0.25, 0.3) is 0 Å². The summed E-state index contributed by atoms with van der Waals surface area (Å²) < 4.78 is 26.8. The first-order chi connectivity index (χ1) is 12.0. The zero-order valence-corrected chi connectivity index (χ0v) is 14.9. The van der Waals surface area contributed by atoms with E-state index >= 15 is 0 Å². The van der Waals surface area contributed by atoms with Gasteiger partial charge in [-0.3, -0.25) is 4.79 Å². The van der Waals surface area contributed by atoms with E-state index in [9.17, 15) is 13.2 Å². The van der Waals surface area contributed by atoms with Crippen molar-refractivity contribution in [3.8, 4) is 0 Å². The highest BCUT2D eigenvalue weighted by Crippen LogP contribution is 2.24. The Morgan fingerprint density at radius 3 is 2.40 bits per heavy atom. The summed E-state index contributed by atoms with van der Waals surface area (Å²) >= 11 is 0. The second-order valence-electron chi connectivity index (χ2n) is 6.20. The minimum absolute atomic E-state index is 0.105. The molecule has 1 amide bonds. The van der Waals surface area contributed by atoms with Crippen LogP contribution in [0.3, 0.4) is 0 Å². The molecule has 0 saturated carbocycles. The minimum atomic E-state index is -3.50. The van der Waals surface area contributed by atoms with E-state index in [1.165, 1.54) is 4.31 Å². The molecule has 2 aromatic rings. The van der Waals surface area contributed by atoms with Crippen molar-refractivity contribution in [3.63, 3.8) is 0 Å². The first-order valence-electron chi connectivity index (χ1n) is 8.25. The maximum Gasteiger partial charge on any atom is 0.243 e. The van der Waals surface area contributed by atoms with Crippen LogP contribution in [0.15, 0.2) is 53.6 Å². The number of benzene rings is 1. The molecule has 1 aliphatic heterocycles. The summed E-state index contributed by atoms with van der Waals surface area (Å²) in [4.78, 5) is 16.7. The summed E-state index contributed by atoms with van der Waals surface area (Å²) in [5.74, 6) is 0.208. The van der Waals surface area contributed by atoms with Gasteiger partial charge in [0.2, 0.25) is 15.9 Å². The molecule has 0 bridgehead atoms. The third-order valence-corrected chi connectivity index (χ3v) is 6.31. The number of hydrogen-bond donors (Lipinski definition) is 1. The van der Waals surface area contributed by atoms with Crippen LogP contribution < -0.4 is 5.32 Å². The van der Waals surface area contributed by atoms with Gasteiger partial charge in [0.1, 0.15) is 5.82 Å². The summed E-state index contributed by atoms with van der Waals surface area (Å²) in [6.07, 6.45) is 2.62. The van der Waals surface area contributed by atoms with Gasteiger partial charge in [-0.25, -0.2) is 13.4 Å². The Bertz CT molecular complexity index is 828. The quantitative estimate of drug-likeness (QED) is 0.909. The topological polar surface area (TPSA) is 79.4 Å². The van der Waals surface area contributed by atoms with Gasteiger partial charge in [0, 0.05) is 25.2 Å². The van der Waals surface area contributed by atoms with Crippen LogP contribution in [0, 0.1) is 12.8 Å². The van der Waals surface area contributed by atoms with Crippen molar-refractivity contribution in [1.29, 1.82) is 0 Å². The molecule has 0 atom stereocenters. The van der Waals surface area contributed by atoms with E-state index in [1.807, 2.05) is 6.92 Å². The number of carbonyl (C=O) groups is 1. The summed E-state index contributed by atoms with van der Waals surface area (Å²) in [5.41, 5.74) is 1.02. The van der Waals surface area contributed by atoms with Crippen molar-refractivity contribution in [2.24, 2.45) is 5.92 Å². The lowest BCUT2D eigenvalue weighted by atomic mass is 9.97. The van der Waals surface area contributed by atoms with E-state index in [1.54, 1.807) is 48.7 Å². The third kappa shape index (κ3) is 4.05. The fourth-order valence-electron chi connectivity index (χ4n) is 2.88. The molecule has 0 aliphatic carbocycles. The molecule has 0 unspecified atom stereocenters. The molecule has 3 rings (SSSR count). The number of carbonyl (C=O) groups excluding carboxylic acids is 1. The van der Waals surface area contributed by atoms with Gasteiger partial charge >= 0.3 is 0 Å². The van der Waals surface area contributed by atoms with E-state index in [4.69, 9.17) is 0 Å². The number of aromatic nitrogens is 1. The number of sulfonamides is 1. The van der Waals surface area contributed by atoms with Gasteiger partial charge in [0.15, 0.2) is 0 Å². The molecular formula is C18H21N3O3S. The highest BCUT2D eigenvalue weighted by molar-refractivity contribution is 7.89. The molecule has 7 heteroatoms. The first kappa shape index (κ1) is 17.6. The number of hydrogen-bond acceptors (Lipinski definition) is 4. The highest BCUT2D eigenvalue weighted by atomic mass is 32.2. The molecule has 0 radical (unpaired) electrons. The van der Waals surface area contributed by atoms with Crippen LogP contribution in [-0.4, -0.2) is 36.7 Å². The number of rotatable bonds is 4. The highest BCUT2D eigenvalue weighted by Gasteiger charge is 2.32. The first-order valence-corrected chi connectivity index (χ1v) is 9.69. The van der Waals surface area contributed by atoms with Gasteiger partial charge in [-0.1, -0.05) is 23.8 Å². The van der Waals surface area contributed by atoms with Crippen molar-refractivity contribution >= 4 is 21.7 Å². The molecule has 1 aromatic heterocycles. The average molecular weight is 359 g/mol. The molecule has 1 fully saturated rings. The number of anilines is 1. The molecular weight excluding hydrogens is 338 g/mol. The van der Waals surface area contributed by atoms with Gasteiger partial charge in [0.05, 0.1) is 4.90 Å². The molecule has 2 heterocycles. The van der Waals surface area contributed by atoms with Crippen molar-refractivity contribution in [2.75, 3.05) is 18.4 Å². The van der Waals surface area contributed by atoms with E-state index in [2.05, 4.69) is 10.3 Å². The van der Waals surface area contributed by atoms with Gasteiger partial charge in [-0.2, -0.15) is 4.31 Å². The van der Waals surface area contributed by atoms with Crippen LogP contribution in [0.2, 0.25) is 0 Å². The van der Waals surface area contributed by atoms with Crippen LogP contribution >= 0.6 is 0 Å². The predicted octanol–water partition coefficient (Wildman–Crippen LogP) is 2.43. The van der Waals surface area contributed by atoms with E-state index in [-0.39, 0.29) is 11.8 Å². The number of piperidine rings is 1. The molecule has 1 N–H and O–H groups in total. The zero-order chi connectivity index (χ0) is 17.9. The van der Waals surface area contributed by atoms with Crippen molar-refractivity contribution in [1.82, 2.24) is 9.29 Å². The number of amides is 1. The summed E-state index contributed by atoms with van der Waals surface area (Å²) in [6, 6.07) is 12.2. The standard InChI is InChI=1S/C18H21N3O3S/c1-14-5-7-16(8-6-14)25(23,24)21-12-9-15(10-13-21)18(22)20-17-4-2-3-11-19-17/h2-8,11,15H,9-10,12-13H2,1H3,(H,19,20,22). The number of nitrogens with one attached hydrogen (secondary N) is 1. The fraction of sp³-hybridized carbons (Fsp3) is 0.333. The maximum atomic E-state index is 12.7. The molecule has 0 spiro atoms. The fourth-order valence-corrected chi connectivity index (χ4v) is 4.35. The van der Waals surface area contributed by atoms with Crippen molar-refractivity contribution < 1.29 is 13.2 Å². The average Bonchev–Trinajstić information content (AvgIpc) is 2.63. The Labute approximate surface area is 147 Å². The number of aryl methyl sites for hydroxylation is 1. The maximum absolute atomic E-state index is 12.7. The third-order valence-electron chi connectivity index (χ3n) is 4.40. The lowest BCUT2D eigenvalue weighted by Gasteiger charge is -2.30. The summed E-state index contributed by atoms with van der Waals surface area (Å²) in [6.45, 7) is 2.61. The predicted molar refractivity (Wildman–Crippen MR) is 95.5 cm³/mol. The molecule has 132 valence electrons. The van der Waals surface area contributed by atoms with Crippen molar-refractivity contribution in [3.05, 3.63) is 54.2 Å². The lowest BCUT2D eigenvalue weighted by molar-refractivity contribution is -0.120. The smallest absolute Gasteiger partial charge is 0.243 e. The normalized spacial score (nSPS) is 16.5. The second kappa shape index (κ2) is 7.33. The van der Waals surface area contributed by atoms with E-state index in [0.717, 1.165) is 5.56 Å². The molecule has 6 nitrogen and oxygen atoms in total. The van der Waals surface area contributed by atoms with Crippen LogP contribution in [-0.2, 0) is 14.8 Å². The van der Waals surface area contributed by atoms with Crippen LogP contribution in [0.5, 0.6) is 0 Å².